The van der Waals surface area contributed by atoms with Gasteiger partial charge < -0.3 is 18.8 Å². The molecule has 0 unspecified atom stereocenters. The number of carbonyl (C=O) groups excluding carboxylic acids is 1. The Kier molecular flexibility index (Phi) is 3.76. The van der Waals surface area contributed by atoms with E-state index in [0.29, 0.717) is 45.0 Å². The van der Waals surface area contributed by atoms with Gasteiger partial charge >= 0.3 is 0 Å². The lowest BCUT2D eigenvalue weighted by atomic mass is 10.0. The number of likely N-dealkylation sites (tertiary alicyclic amines) is 1. The minimum atomic E-state index is -0.417. The molecule has 3 rings (SSSR count). The van der Waals surface area contributed by atoms with Crippen molar-refractivity contribution in [2.45, 2.75) is 38.4 Å². The lowest BCUT2D eigenvalue weighted by molar-refractivity contribution is -0.187. The zero-order valence-electron chi connectivity index (χ0n) is 11.8. The fraction of sp³-hybridized carbons (Fsp3) is 0.714. The molecule has 6 nitrogen and oxygen atoms in total. The van der Waals surface area contributed by atoms with Crippen molar-refractivity contribution < 1.29 is 18.7 Å². The smallest absolute Gasteiger partial charge is 0.222 e. The van der Waals surface area contributed by atoms with Crippen LogP contribution in [0.5, 0.6) is 0 Å². The lowest BCUT2D eigenvalue weighted by Crippen LogP contribution is -2.47. The maximum atomic E-state index is 12.2. The number of piperidine rings is 1. The number of carbonyl (C=O) groups is 1. The Morgan fingerprint density at radius 1 is 1.35 bits per heavy atom. The number of aryl methyl sites for hydroxylation is 2. The molecule has 2 saturated heterocycles. The van der Waals surface area contributed by atoms with Crippen molar-refractivity contribution in [3.05, 3.63) is 17.8 Å². The highest BCUT2D eigenvalue weighted by Gasteiger charge is 2.40. The fourth-order valence-electron chi connectivity index (χ4n) is 2.80. The molecule has 1 amide bonds. The van der Waals surface area contributed by atoms with Gasteiger partial charge in [-0.15, -0.1) is 0 Å². The first-order chi connectivity index (χ1) is 9.67. The van der Waals surface area contributed by atoms with Crippen molar-refractivity contribution in [3.8, 4) is 0 Å². The summed E-state index contributed by atoms with van der Waals surface area (Å²) >= 11 is 0. The van der Waals surface area contributed by atoms with Crippen LogP contribution in [0.4, 0.5) is 0 Å². The van der Waals surface area contributed by atoms with Gasteiger partial charge in [0.25, 0.3) is 0 Å². The molecule has 20 heavy (non-hydrogen) atoms. The van der Waals surface area contributed by atoms with Crippen molar-refractivity contribution in [2.24, 2.45) is 0 Å². The average molecular weight is 280 g/mol. The van der Waals surface area contributed by atoms with Crippen molar-refractivity contribution >= 4 is 5.91 Å². The summed E-state index contributed by atoms with van der Waals surface area (Å²) in [5.74, 6) is 0.390. The Balaban J connectivity index is 1.46. The Morgan fingerprint density at radius 3 is 2.65 bits per heavy atom. The number of rotatable bonds is 3. The van der Waals surface area contributed by atoms with Gasteiger partial charge in [-0.1, -0.05) is 0 Å². The summed E-state index contributed by atoms with van der Waals surface area (Å²) in [5.41, 5.74) is 0.840. The van der Waals surface area contributed by atoms with Crippen LogP contribution < -0.4 is 0 Å². The fourth-order valence-corrected chi connectivity index (χ4v) is 2.80. The Labute approximate surface area is 118 Å². The van der Waals surface area contributed by atoms with Crippen molar-refractivity contribution in [3.63, 3.8) is 0 Å². The first kappa shape index (κ1) is 13.6. The molecule has 0 aliphatic carbocycles. The van der Waals surface area contributed by atoms with Crippen molar-refractivity contribution in [1.29, 1.82) is 0 Å². The second-order valence-electron chi connectivity index (χ2n) is 5.35. The van der Waals surface area contributed by atoms with Crippen LogP contribution in [0.25, 0.3) is 0 Å². The Morgan fingerprint density at radius 2 is 2.05 bits per heavy atom. The average Bonchev–Trinajstić information content (AvgIpc) is 3.07. The molecule has 0 radical (unpaired) electrons. The highest BCUT2D eigenvalue weighted by atomic mass is 16.7. The zero-order chi connectivity index (χ0) is 14.0. The monoisotopic (exact) mass is 280 g/mol. The Bertz CT molecular complexity index is 469. The van der Waals surface area contributed by atoms with Crippen LogP contribution in [-0.4, -0.2) is 47.9 Å². The number of hydrogen-bond acceptors (Lipinski definition) is 5. The van der Waals surface area contributed by atoms with E-state index in [0.717, 1.165) is 18.5 Å². The number of amides is 1. The summed E-state index contributed by atoms with van der Waals surface area (Å²) in [6, 6.07) is 0. The molecule has 0 N–H and O–H groups in total. The van der Waals surface area contributed by atoms with Gasteiger partial charge in [0.1, 0.15) is 6.26 Å². The van der Waals surface area contributed by atoms with Gasteiger partial charge in [0, 0.05) is 45.7 Å². The SMILES string of the molecule is Cc1nc(CCC(=O)N2CCC3(CC2)OCCO3)co1. The van der Waals surface area contributed by atoms with E-state index >= 15 is 0 Å². The molecule has 2 aliphatic rings. The molecule has 0 atom stereocenters. The minimum absolute atomic E-state index is 0.165. The van der Waals surface area contributed by atoms with E-state index in [9.17, 15) is 4.79 Å². The van der Waals surface area contributed by atoms with E-state index in [2.05, 4.69) is 4.98 Å². The van der Waals surface area contributed by atoms with Crippen LogP contribution in [0.2, 0.25) is 0 Å². The number of ether oxygens (including phenoxy) is 2. The summed E-state index contributed by atoms with van der Waals surface area (Å²) in [5, 5.41) is 0. The first-order valence-electron chi connectivity index (χ1n) is 7.14. The number of aromatic nitrogens is 1. The normalized spacial score (nSPS) is 21.6. The van der Waals surface area contributed by atoms with Crippen LogP contribution in [0, 0.1) is 6.92 Å². The standard InChI is InChI=1S/C14H20N2O4/c1-11-15-12(10-18-11)2-3-13(17)16-6-4-14(5-7-16)19-8-9-20-14/h10H,2-9H2,1H3. The van der Waals surface area contributed by atoms with Crippen LogP contribution in [0.1, 0.15) is 30.8 Å². The summed E-state index contributed by atoms with van der Waals surface area (Å²) in [6.07, 6.45) is 4.25. The summed E-state index contributed by atoms with van der Waals surface area (Å²) in [4.78, 5) is 18.3. The molecule has 3 heterocycles. The highest BCUT2D eigenvalue weighted by molar-refractivity contribution is 5.76. The number of nitrogens with zero attached hydrogens (tertiary/aromatic N) is 2. The third-order valence-electron chi connectivity index (χ3n) is 3.95. The second-order valence-corrected chi connectivity index (χ2v) is 5.35. The molecular weight excluding hydrogens is 260 g/mol. The molecule has 0 aromatic carbocycles. The molecule has 2 aliphatic heterocycles. The predicted molar refractivity (Wildman–Crippen MR) is 70.0 cm³/mol. The molecule has 6 heteroatoms. The van der Waals surface area contributed by atoms with E-state index in [1.165, 1.54) is 0 Å². The topological polar surface area (TPSA) is 64.8 Å². The molecule has 1 aromatic heterocycles. The summed E-state index contributed by atoms with van der Waals surface area (Å²) in [7, 11) is 0. The van der Waals surface area contributed by atoms with Crippen molar-refractivity contribution in [1.82, 2.24) is 9.88 Å². The van der Waals surface area contributed by atoms with Crippen LogP contribution in [-0.2, 0) is 20.7 Å². The predicted octanol–water partition coefficient (Wildman–Crippen LogP) is 1.28. The van der Waals surface area contributed by atoms with Gasteiger partial charge in [-0.2, -0.15) is 0 Å². The lowest BCUT2D eigenvalue weighted by Gasteiger charge is -2.37. The number of oxazole rings is 1. The van der Waals surface area contributed by atoms with Gasteiger partial charge in [0.05, 0.1) is 18.9 Å². The van der Waals surface area contributed by atoms with Gasteiger partial charge in [0.2, 0.25) is 5.91 Å². The summed E-state index contributed by atoms with van der Waals surface area (Å²) < 4.78 is 16.5. The molecule has 2 fully saturated rings. The minimum Gasteiger partial charge on any atom is -0.449 e. The van der Waals surface area contributed by atoms with E-state index in [-0.39, 0.29) is 5.91 Å². The largest absolute Gasteiger partial charge is 0.449 e. The van der Waals surface area contributed by atoms with E-state index < -0.39 is 5.79 Å². The van der Waals surface area contributed by atoms with E-state index in [1.54, 1.807) is 13.2 Å². The quantitative estimate of drug-likeness (QED) is 0.834. The molecule has 1 aromatic rings. The molecule has 0 saturated carbocycles. The van der Waals surface area contributed by atoms with Crippen molar-refractivity contribution in [2.75, 3.05) is 26.3 Å². The highest BCUT2D eigenvalue weighted by Crippen LogP contribution is 2.31. The van der Waals surface area contributed by atoms with Gasteiger partial charge in [-0.3, -0.25) is 4.79 Å². The Hall–Kier alpha value is -1.40. The maximum absolute atomic E-state index is 12.2. The molecule has 1 spiro atoms. The van der Waals surface area contributed by atoms with Gasteiger partial charge in [-0.25, -0.2) is 4.98 Å². The maximum Gasteiger partial charge on any atom is 0.222 e. The zero-order valence-corrected chi connectivity index (χ0v) is 11.8. The van der Waals surface area contributed by atoms with Crippen LogP contribution in [0.3, 0.4) is 0 Å². The molecule has 110 valence electrons. The first-order valence-corrected chi connectivity index (χ1v) is 7.14. The molecular formula is C14H20N2O4. The number of hydrogen-bond donors (Lipinski definition) is 0. The van der Waals surface area contributed by atoms with Gasteiger partial charge in [-0.05, 0) is 0 Å². The summed E-state index contributed by atoms with van der Waals surface area (Å²) in [6.45, 7) is 4.54. The van der Waals surface area contributed by atoms with Crippen LogP contribution in [0.15, 0.2) is 10.7 Å². The van der Waals surface area contributed by atoms with E-state index in [4.69, 9.17) is 13.9 Å². The van der Waals surface area contributed by atoms with E-state index in [1.807, 2.05) is 4.90 Å². The second kappa shape index (κ2) is 5.54. The third-order valence-corrected chi connectivity index (χ3v) is 3.95. The molecule has 0 bridgehead atoms. The third kappa shape index (κ3) is 2.86. The van der Waals surface area contributed by atoms with Crippen LogP contribution >= 0.6 is 0 Å². The van der Waals surface area contributed by atoms with Gasteiger partial charge in [0.15, 0.2) is 11.7 Å².